The van der Waals surface area contributed by atoms with E-state index in [0.29, 0.717) is 23.3 Å². The Bertz CT molecular complexity index is 810. The SMILES string of the molecule is CN[C@@H](C)[C@H]1CC[C@H]2[C@@H]3CC=C4C(=O)[C@@H](NC(=O)C=C(C)C)CC[C@]4(C)[C@H]3CC[C@]12C. The van der Waals surface area contributed by atoms with Gasteiger partial charge in [0.25, 0.3) is 0 Å². The number of hydrogen-bond acceptors (Lipinski definition) is 3. The zero-order valence-electron chi connectivity index (χ0n) is 20.4. The van der Waals surface area contributed by atoms with Crippen molar-refractivity contribution in [1.29, 1.82) is 0 Å². The van der Waals surface area contributed by atoms with Crippen molar-refractivity contribution in [1.82, 2.24) is 10.6 Å². The van der Waals surface area contributed by atoms with Crippen molar-refractivity contribution in [2.75, 3.05) is 7.05 Å². The van der Waals surface area contributed by atoms with E-state index < -0.39 is 0 Å². The Morgan fingerprint density at radius 1 is 1.13 bits per heavy atom. The number of fused-ring (bicyclic) bond motifs is 5. The minimum atomic E-state index is -0.361. The first-order valence-corrected chi connectivity index (χ1v) is 12.5. The molecule has 0 bridgehead atoms. The molecule has 0 aromatic rings. The highest BCUT2D eigenvalue weighted by atomic mass is 16.2. The zero-order chi connectivity index (χ0) is 22.6. The van der Waals surface area contributed by atoms with Gasteiger partial charge in [-0.2, -0.15) is 0 Å². The van der Waals surface area contributed by atoms with E-state index in [1.807, 2.05) is 13.8 Å². The molecule has 0 aromatic heterocycles. The maximum atomic E-state index is 13.4. The average Bonchev–Trinajstić information content (AvgIpc) is 3.06. The van der Waals surface area contributed by atoms with Gasteiger partial charge in [-0.05, 0) is 113 Å². The molecule has 31 heavy (non-hydrogen) atoms. The number of nitrogens with one attached hydrogen (secondary N) is 2. The van der Waals surface area contributed by atoms with Gasteiger partial charge in [-0.3, -0.25) is 9.59 Å². The minimum Gasteiger partial charge on any atom is -0.342 e. The molecule has 1 amide bonds. The van der Waals surface area contributed by atoms with Crippen LogP contribution in [0.4, 0.5) is 0 Å². The van der Waals surface area contributed by atoms with Gasteiger partial charge in [0.1, 0.15) is 0 Å². The summed E-state index contributed by atoms with van der Waals surface area (Å²) < 4.78 is 0. The number of allylic oxidation sites excluding steroid dienone is 2. The molecule has 0 unspecified atom stereocenters. The van der Waals surface area contributed by atoms with E-state index in [-0.39, 0.29) is 23.1 Å². The van der Waals surface area contributed by atoms with E-state index in [2.05, 4.69) is 44.5 Å². The van der Waals surface area contributed by atoms with Crippen LogP contribution >= 0.6 is 0 Å². The van der Waals surface area contributed by atoms with Gasteiger partial charge in [0.15, 0.2) is 5.78 Å². The van der Waals surface area contributed by atoms with Gasteiger partial charge in [-0.15, -0.1) is 0 Å². The highest BCUT2D eigenvalue weighted by Crippen LogP contribution is 2.66. The van der Waals surface area contributed by atoms with Crippen molar-refractivity contribution in [3.63, 3.8) is 0 Å². The second kappa shape index (κ2) is 8.17. The van der Waals surface area contributed by atoms with E-state index in [9.17, 15) is 9.59 Å². The van der Waals surface area contributed by atoms with Gasteiger partial charge < -0.3 is 10.6 Å². The summed E-state index contributed by atoms with van der Waals surface area (Å²) in [6.07, 6.45) is 11.9. The number of ketones is 1. The lowest BCUT2D eigenvalue weighted by atomic mass is 9.47. The van der Waals surface area contributed by atoms with Crippen LogP contribution in [0.2, 0.25) is 0 Å². The highest BCUT2D eigenvalue weighted by Gasteiger charge is 2.60. The summed E-state index contributed by atoms with van der Waals surface area (Å²) in [7, 11) is 2.10. The lowest BCUT2D eigenvalue weighted by Crippen LogP contribution is -2.55. The lowest BCUT2D eigenvalue weighted by Gasteiger charge is -2.58. The Balaban J connectivity index is 1.56. The van der Waals surface area contributed by atoms with E-state index >= 15 is 0 Å². The van der Waals surface area contributed by atoms with Gasteiger partial charge in [0, 0.05) is 12.1 Å². The summed E-state index contributed by atoms with van der Waals surface area (Å²) in [5.41, 5.74) is 2.37. The first kappa shape index (κ1) is 22.8. The van der Waals surface area contributed by atoms with Crippen LogP contribution in [0.25, 0.3) is 0 Å². The molecular weight excluding hydrogens is 384 g/mol. The van der Waals surface area contributed by atoms with E-state index in [1.54, 1.807) is 6.08 Å². The van der Waals surface area contributed by atoms with Gasteiger partial charge >= 0.3 is 0 Å². The first-order chi connectivity index (χ1) is 14.6. The Kier molecular flexibility index (Phi) is 6.00. The van der Waals surface area contributed by atoms with Crippen molar-refractivity contribution in [2.24, 2.45) is 34.5 Å². The Morgan fingerprint density at radius 3 is 2.55 bits per heavy atom. The Labute approximate surface area is 188 Å². The molecule has 4 nitrogen and oxygen atoms in total. The van der Waals surface area contributed by atoms with Crippen molar-refractivity contribution < 1.29 is 9.59 Å². The molecule has 0 spiro atoms. The van der Waals surface area contributed by atoms with Crippen LogP contribution in [0.1, 0.15) is 79.6 Å². The van der Waals surface area contributed by atoms with Gasteiger partial charge in [0.2, 0.25) is 5.91 Å². The van der Waals surface area contributed by atoms with Crippen molar-refractivity contribution in [3.8, 4) is 0 Å². The molecule has 4 aliphatic rings. The van der Waals surface area contributed by atoms with Crippen LogP contribution in [-0.2, 0) is 9.59 Å². The van der Waals surface area contributed by atoms with Crippen molar-refractivity contribution in [2.45, 2.75) is 91.6 Å². The second-order valence-electron chi connectivity index (χ2n) is 11.6. The summed E-state index contributed by atoms with van der Waals surface area (Å²) in [6.45, 7) is 11.1. The molecule has 0 radical (unpaired) electrons. The number of hydrogen-bond donors (Lipinski definition) is 2. The van der Waals surface area contributed by atoms with Crippen LogP contribution in [0.15, 0.2) is 23.3 Å². The molecule has 0 saturated heterocycles. The number of carbonyl (C=O) groups is 2. The lowest BCUT2D eigenvalue weighted by molar-refractivity contribution is -0.128. The normalized spacial score (nSPS) is 42.6. The van der Waals surface area contributed by atoms with Crippen molar-refractivity contribution in [3.05, 3.63) is 23.3 Å². The van der Waals surface area contributed by atoms with Gasteiger partial charge in [0.05, 0.1) is 6.04 Å². The van der Waals surface area contributed by atoms with Gasteiger partial charge in [-0.25, -0.2) is 0 Å². The predicted molar refractivity (Wildman–Crippen MR) is 125 cm³/mol. The molecule has 4 aliphatic carbocycles. The summed E-state index contributed by atoms with van der Waals surface area (Å²) in [4.78, 5) is 25.7. The predicted octanol–water partition coefficient (Wildman–Crippen LogP) is 4.80. The fourth-order valence-corrected chi connectivity index (χ4v) is 8.24. The number of carbonyl (C=O) groups excluding carboxylic acids is 2. The third-order valence-corrected chi connectivity index (χ3v) is 9.87. The minimum absolute atomic E-state index is 0.0220. The van der Waals surface area contributed by atoms with Crippen molar-refractivity contribution >= 4 is 11.7 Å². The van der Waals surface area contributed by atoms with Crippen LogP contribution in [0.5, 0.6) is 0 Å². The maximum Gasteiger partial charge on any atom is 0.244 e. The second-order valence-corrected chi connectivity index (χ2v) is 11.6. The topological polar surface area (TPSA) is 58.2 Å². The summed E-state index contributed by atoms with van der Waals surface area (Å²) >= 11 is 0. The summed E-state index contributed by atoms with van der Waals surface area (Å²) in [5.74, 6) is 2.86. The van der Waals surface area contributed by atoms with Gasteiger partial charge in [-0.1, -0.05) is 25.5 Å². The molecular formula is C27H42N2O2. The number of amides is 1. The van der Waals surface area contributed by atoms with Crippen LogP contribution in [-0.4, -0.2) is 30.8 Å². The molecule has 3 fully saturated rings. The monoisotopic (exact) mass is 426 g/mol. The van der Waals surface area contributed by atoms with Crippen LogP contribution in [0, 0.1) is 34.5 Å². The van der Waals surface area contributed by atoms with E-state index in [1.165, 1.54) is 25.7 Å². The van der Waals surface area contributed by atoms with E-state index in [4.69, 9.17) is 0 Å². The summed E-state index contributed by atoms with van der Waals surface area (Å²) in [5, 5.41) is 6.51. The highest BCUT2D eigenvalue weighted by molar-refractivity contribution is 6.04. The molecule has 0 aliphatic heterocycles. The van der Waals surface area contributed by atoms with E-state index in [0.717, 1.165) is 42.2 Å². The quantitative estimate of drug-likeness (QED) is 0.635. The molecule has 2 N–H and O–H groups in total. The molecule has 0 heterocycles. The largest absolute Gasteiger partial charge is 0.342 e. The number of rotatable bonds is 4. The first-order valence-electron chi connectivity index (χ1n) is 12.5. The fraction of sp³-hybridized carbons (Fsp3) is 0.778. The molecule has 4 heteroatoms. The zero-order valence-corrected chi connectivity index (χ0v) is 20.4. The molecule has 172 valence electrons. The fourth-order valence-electron chi connectivity index (χ4n) is 8.24. The molecule has 3 saturated carbocycles. The van der Waals surface area contributed by atoms with Crippen LogP contribution in [0.3, 0.4) is 0 Å². The average molecular weight is 427 g/mol. The maximum absolute atomic E-state index is 13.4. The molecule has 8 atom stereocenters. The Morgan fingerprint density at radius 2 is 1.87 bits per heavy atom. The molecule has 0 aromatic carbocycles. The smallest absolute Gasteiger partial charge is 0.244 e. The third-order valence-electron chi connectivity index (χ3n) is 9.87. The molecule has 4 rings (SSSR count). The third kappa shape index (κ3) is 3.63. The standard InChI is InChI=1S/C27H42N2O2/c1-16(2)15-24(30)29-23-12-14-27(5)21-11-13-26(4)19(17(3)28-6)9-10-20(26)18(21)7-8-22(27)25(23)31/h8,15,17-21,23,28H,7,9-14H2,1-6H3,(H,29,30)/t17-,18-,19+,20-,21-,23-,26+,27+/m0/s1. The Hall–Kier alpha value is -1.42. The summed E-state index contributed by atoms with van der Waals surface area (Å²) in [6, 6.07) is 0.207. The van der Waals surface area contributed by atoms with Crippen LogP contribution < -0.4 is 10.6 Å². The number of Topliss-reactive ketones (excluding diaryl/α,β-unsaturated/α-hetero) is 1.